The number of nitrogens with one attached hydrogen (secondary N) is 1. The highest BCUT2D eigenvalue weighted by Gasteiger charge is 2.47. The van der Waals surface area contributed by atoms with Gasteiger partial charge in [-0.1, -0.05) is 30.3 Å². The zero-order chi connectivity index (χ0) is 19.9. The van der Waals surface area contributed by atoms with Gasteiger partial charge in [0, 0.05) is 25.1 Å². The normalized spacial score (nSPS) is 25.1. The molecule has 28 heavy (non-hydrogen) atoms. The molecular weight excluding hydrogens is 369 g/mol. The summed E-state index contributed by atoms with van der Waals surface area (Å²) in [7, 11) is 0. The van der Waals surface area contributed by atoms with Crippen LogP contribution < -0.4 is 5.32 Å². The van der Waals surface area contributed by atoms with Gasteiger partial charge in [-0.05, 0) is 31.7 Å². The van der Waals surface area contributed by atoms with Gasteiger partial charge in [-0.15, -0.1) is 0 Å². The van der Waals surface area contributed by atoms with Crippen LogP contribution in [-0.2, 0) is 0 Å². The SMILES string of the molecule is C[C@@H]1CCCCN1C(=O)c1cc2n(n1)[C@H](C(F)(F)F)C[C@H](c1ccccc1)N2. The summed E-state index contributed by atoms with van der Waals surface area (Å²) in [6.45, 7) is 2.58. The molecule has 1 aromatic carbocycles. The Hall–Kier alpha value is -2.51. The van der Waals surface area contributed by atoms with Gasteiger partial charge in [0.05, 0.1) is 6.04 Å². The maximum Gasteiger partial charge on any atom is 0.410 e. The van der Waals surface area contributed by atoms with Crippen molar-refractivity contribution in [2.75, 3.05) is 11.9 Å². The Bertz CT molecular complexity index is 849. The van der Waals surface area contributed by atoms with E-state index in [-0.39, 0.29) is 29.9 Å². The van der Waals surface area contributed by atoms with Crippen LogP contribution in [0.25, 0.3) is 0 Å². The summed E-state index contributed by atoms with van der Waals surface area (Å²) >= 11 is 0. The highest BCUT2D eigenvalue weighted by atomic mass is 19.4. The molecule has 0 aliphatic carbocycles. The zero-order valence-corrected chi connectivity index (χ0v) is 15.6. The van der Waals surface area contributed by atoms with Crippen LogP contribution in [0.1, 0.15) is 60.7 Å². The fourth-order valence-corrected chi connectivity index (χ4v) is 4.13. The molecule has 0 spiro atoms. The van der Waals surface area contributed by atoms with Gasteiger partial charge in [0.15, 0.2) is 11.7 Å². The Morgan fingerprint density at radius 2 is 1.96 bits per heavy atom. The molecule has 0 unspecified atom stereocenters. The standard InChI is InChI=1S/C20H23F3N4O/c1-13-7-5-6-10-26(13)19(28)16-12-18-24-15(14-8-3-2-4-9-14)11-17(20(21,22)23)27(18)25-16/h2-4,8-9,12-13,15,17,24H,5-7,10-11H2,1H3/t13-,15-,17+/m1/s1. The van der Waals surface area contributed by atoms with Crippen LogP contribution in [0.5, 0.6) is 0 Å². The predicted molar refractivity (Wildman–Crippen MR) is 99.1 cm³/mol. The Morgan fingerprint density at radius 3 is 2.64 bits per heavy atom. The third kappa shape index (κ3) is 3.47. The van der Waals surface area contributed by atoms with E-state index in [1.165, 1.54) is 6.07 Å². The second-order valence-corrected chi connectivity index (χ2v) is 7.60. The average molecular weight is 392 g/mol. The summed E-state index contributed by atoms with van der Waals surface area (Å²) in [5, 5.41) is 7.21. The van der Waals surface area contributed by atoms with Crippen LogP contribution in [0.4, 0.5) is 19.0 Å². The van der Waals surface area contributed by atoms with Crippen LogP contribution in [0, 0.1) is 0 Å². The van der Waals surface area contributed by atoms with Crippen molar-refractivity contribution in [2.24, 2.45) is 0 Å². The molecule has 2 aliphatic heterocycles. The van der Waals surface area contributed by atoms with Crippen LogP contribution in [0.2, 0.25) is 0 Å². The number of benzene rings is 1. The number of carbonyl (C=O) groups excluding carboxylic acids is 1. The summed E-state index contributed by atoms with van der Waals surface area (Å²) in [6, 6.07) is 8.31. The van der Waals surface area contributed by atoms with Crippen molar-refractivity contribution in [1.29, 1.82) is 0 Å². The van der Waals surface area contributed by atoms with Crippen LogP contribution in [-0.4, -0.2) is 39.4 Å². The molecular formula is C20H23F3N4O. The molecule has 1 fully saturated rings. The maximum atomic E-state index is 13.8. The molecule has 3 atom stereocenters. The predicted octanol–water partition coefficient (Wildman–Crippen LogP) is 4.56. The Labute approximate surface area is 161 Å². The number of nitrogens with zero attached hydrogens (tertiary/aromatic N) is 3. The lowest BCUT2D eigenvalue weighted by atomic mass is 9.97. The first-order chi connectivity index (χ1) is 13.3. The molecule has 0 radical (unpaired) electrons. The molecule has 1 aromatic heterocycles. The van der Waals surface area contributed by atoms with Crippen molar-refractivity contribution < 1.29 is 18.0 Å². The topological polar surface area (TPSA) is 50.2 Å². The lowest BCUT2D eigenvalue weighted by molar-refractivity contribution is -0.173. The van der Waals surface area contributed by atoms with E-state index in [9.17, 15) is 18.0 Å². The summed E-state index contributed by atoms with van der Waals surface area (Å²) in [4.78, 5) is 14.6. The number of hydrogen-bond acceptors (Lipinski definition) is 3. The minimum Gasteiger partial charge on any atom is -0.363 e. The molecule has 1 amide bonds. The van der Waals surface area contributed by atoms with E-state index in [2.05, 4.69) is 10.4 Å². The number of anilines is 1. The number of carbonyl (C=O) groups is 1. The molecule has 4 rings (SSSR count). The van der Waals surface area contributed by atoms with Gasteiger partial charge in [-0.2, -0.15) is 18.3 Å². The van der Waals surface area contributed by atoms with Gasteiger partial charge < -0.3 is 10.2 Å². The smallest absolute Gasteiger partial charge is 0.363 e. The summed E-state index contributed by atoms with van der Waals surface area (Å²) < 4.78 is 42.2. The van der Waals surface area contributed by atoms with Crippen LogP contribution in [0.15, 0.2) is 36.4 Å². The number of amides is 1. The molecule has 5 nitrogen and oxygen atoms in total. The van der Waals surface area contributed by atoms with Crippen molar-refractivity contribution in [1.82, 2.24) is 14.7 Å². The van der Waals surface area contributed by atoms with Gasteiger partial charge in [-0.25, -0.2) is 4.68 Å². The maximum absolute atomic E-state index is 13.8. The molecule has 0 saturated carbocycles. The van der Waals surface area contributed by atoms with Crippen molar-refractivity contribution in [3.8, 4) is 0 Å². The lowest BCUT2D eigenvalue weighted by Crippen LogP contribution is -2.42. The summed E-state index contributed by atoms with van der Waals surface area (Å²) in [5.41, 5.74) is 0.848. The number of alkyl halides is 3. The molecule has 2 aromatic rings. The van der Waals surface area contributed by atoms with Crippen molar-refractivity contribution in [3.05, 3.63) is 47.7 Å². The van der Waals surface area contributed by atoms with Crippen LogP contribution >= 0.6 is 0 Å². The summed E-state index contributed by atoms with van der Waals surface area (Å²) in [6.07, 6.45) is -1.76. The van der Waals surface area contributed by atoms with Gasteiger partial charge in [-0.3, -0.25) is 4.79 Å². The van der Waals surface area contributed by atoms with E-state index < -0.39 is 18.3 Å². The molecule has 0 bridgehead atoms. The molecule has 1 saturated heterocycles. The molecule has 3 heterocycles. The number of likely N-dealkylation sites (tertiary alicyclic amines) is 1. The number of aromatic nitrogens is 2. The number of fused-ring (bicyclic) bond motifs is 1. The highest BCUT2D eigenvalue weighted by molar-refractivity contribution is 5.93. The fraction of sp³-hybridized carbons (Fsp3) is 0.500. The monoisotopic (exact) mass is 392 g/mol. The van der Waals surface area contributed by atoms with Gasteiger partial charge in [0.2, 0.25) is 0 Å². The van der Waals surface area contributed by atoms with Gasteiger partial charge in [0.1, 0.15) is 5.82 Å². The first-order valence-electron chi connectivity index (χ1n) is 9.63. The average Bonchev–Trinajstić information content (AvgIpc) is 3.11. The van der Waals surface area contributed by atoms with E-state index in [1.807, 2.05) is 13.0 Å². The van der Waals surface area contributed by atoms with Crippen molar-refractivity contribution >= 4 is 11.7 Å². The second kappa shape index (κ2) is 7.14. The molecule has 8 heteroatoms. The quantitative estimate of drug-likeness (QED) is 0.815. The third-order valence-electron chi connectivity index (χ3n) is 5.67. The van der Waals surface area contributed by atoms with Crippen molar-refractivity contribution in [3.63, 3.8) is 0 Å². The Morgan fingerprint density at radius 1 is 1.21 bits per heavy atom. The number of piperidine rings is 1. The van der Waals surface area contributed by atoms with E-state index in [4.69, 9.17) is 0 Å². The number of halogens is 3. The first-order valence-corrected chi connectivity index (χ1v) is 9.63. The zero-order valence-electron chi connectivity index (χ0n) is 15.6. The lowest BCUT2D eigenvalue weighted by Gasteiger charge is -2.33. The Kier molecular flexibility index (Phi) is 4.81. The van der Waals surface area contributed by atoms with Gasteiger partial charge >= 0.3 is 6.18 Å². The molecule has 150 valence electrons. The minimum atomic E-state index is -4.45. The minimum absolute atomic E-state index is 0.0687. The second-order valence-electron chi connectivity index (χ2n) is 7.60. The molecule has 2 aliphatic rings. The highest BCUT2D eigenvalue weighted by Crippen LogP contribution is 2.43. The number of rotatable bonds is 2. The van der Waals surface area contributed by atoms with Gasteiger partial charge in [0.25, 0.3) is 5.91 Å². The third-order valence-corrected chi connectivity index (χ3v) is 5.67. The first kappa shape index (κ1) is 18.8. The van der Waals surface area contributed by atoms with Crippen LogP contribution in [0.3, 0.4) is 0 Å². The largest absolute Gasteiger partial charge is 0.410 e. The van der Waals surface area contributed by atoms with E-state index in [0.717, 1.165) is 29.5 Å². The van der Waals surface area contributed by atoms with E-state index in [0.29, 0.717) is 6.54 Å². The molecule has 1 N–H and O–H groups in total. The number of hydrogen-bond donors (Lipinski definition) is 1. The fourth-order valence-electron chi connectivity index (χ4n) is 4.13. The summed E-state index contributed by atoms with van der Waals surface area (Å²) in [5.74, 6) is -0.0662. The van der Waals surface area contributed by atoms with E-state index in [1.54, 1.807) is 29.2 Å². The van der Waals surface area contributed by atoms with E-state index >= 15 is 0 Å². The Balaban J connectivity index is 1.67. The van der Waals surface area contributed by atoms with Crippen molar-refractivity contribution in [2.45, 2.75) is 56.9 Å².